The molecular formula is C31H29N3S. The largest absolute Gasteiger partial charge is 0.401 e. The van der Waals surface area contributed by atoms with E-state index in [2.05, 4.69) is 114 Å². The lowest BCUT2D eigenvalue weighted by atomic mass is 9.90. The minimum Gasteiger partial charge on any atom is -0.401 e. The summed E-state index contributed by atoms with van der Waals surface area (Å²) in [5.74, 6) is 0.916. The zero-order chi connectivity index (χ0) is 23.6. The first-order valence-electron chi connectivity index (χ1n) is 12.2. The van der Waals surface area contributed by atoms with Crippen LogP contribution in [0.25, 0.3) is 16.3 Å². The molecule has 0 bridgehead atoms. The Bertz CT molecular complexity index is 1350. The predicted octanol–water partition coefficient (Wildman–Crippen LogP) is 6.08. The van der Waals surface area contributed by atoms with Gasteiger partial charge in [-0.15, -0.1) is 11.8 Å². The summed E-state index contributed by atoms with van der Waals surface area (Å²) in [7, 11) is 0. The standard InChI is InChI=1S/C31H29N3S/c32-26-18-17-22-15-16-24(19-25(22)31(26)35-20-21-9-3-1-4-10-21)30-29(23-11-5-2-6-12-23)33-27-13-7-8-14-28(27)34-30/h1-16,19,27-28,33-34H,17-18,20,32H2. The Morgan fingerprint density at radius 2 is 1.40 bits per heavy atom. The van der Waals surface area contributed by atoms with E-state index in [1.807, 2.05) is 11.8 Å². The second kappa shape index (κ2) is 9.55. The van der Waals surface area contributed by atoms with Crippen LogP contribution in [0.2, 0.25) is 0 Å². The molecule has 2 unspecified atom stereocenters. The van der Waals surface area contributed by atoms with Gasteiger partial charge in [-0.3, -0.25) is 0 Å². The summed E-state index contributed by atoms with van der Waals surface area (Å²) >= 11 is 1.85. The molecule has 0 fully saturated rings. The minimum atomic E-state index is 0.214. The predicted molar refractivity (Wildman–Crippen MR) is 149 cm³/mol. The number of hydrogen-bond donors (Lipinski definition) is 3. The van der Waals surface area contributed by atoms with E-state index in [1.165, 1.54) is 32.7 Å². The average molecular weight is 476 g/mol. The van der Waals surface area contributed by atoms with Crippen LogP contribution in [0.5, 0.6) is 0 Å². The van der Waals surface area contributed by atoms with E-state index in [1.54, 1.807) is 0 Å². The summed E-state index contributed by atoms with van der Waals surface area (Å²) in [4.78, 5) is 1.22. The number of nitrogens with one attached hydrogen (secondary N) is 2. The number of benzene rings is 3. The third-order valence-electron chi connectivity index (χ3n) is 6.89. The molecule has 3 aromatic carbocycles. The van der Waals surface area contributed by atoms with Crippen molar-refractivity contribution in [3.63, 3.8) is 0 Å². The van der Waals surface area contributed by atoms with Gasteiger partial charge in [-0.2, -0.15) is 0 Å². The second-order valence-electron chi connectivity index (χ2n) is 9.23. The van der Waals surface area contributed by atoms with Gasteiger partial charge in [0, 0.05) is 21.9 Å². The molecule has 174 valence electrons. The van der Waals surface area contributed by atoms with Crippen LogP contribution in [0, 0.1) is 0 Å². The molecule has 0 radical (unpaired) electrons. The third-order valence-corrected chi connectivity index (χ3v) is 8.14. The zero-order valence-electron chi connectivity index (χ0n) is 19.6. The van der Waals surface area contributed by atoms with Crippen molar-refractivity contribution in [2.24, 2.45) is 5.73 Å². The fraction of sp³-hybridized carbons (Fsp3) is 0.161. The fourth-order valence-electron chi connectivity index (χ4n) is 5.04. The molecule has 1 aliphatic heterocycles. The Morgan fingerprint density at radius 1 is 0.743 bits per heavy atom. The third kappa shape index (κ3) is 4.42. The lowest BCUT2D eigenvalue weighted by molar-refractivity contribution is 0.555. The second-order valence-corrected chi connectivity index (χ2v) is 10.2. The van der Waals surface area contributed by atoms with Gasteiger partial charge in [-0.1, -0.05) is 97.1 Å². The van der Waals surface area contributed by atoms with Gasteiger partial charge >= 0.3 is 0 Å². The maximum Gasteiger partial charge on any atom is 0.0686 e. The minimum absolute atomic E-state index is 0.214. The zero-order valence-corrected chi connectivity index (χ0v) is 20.4. The molecule has 1 heterocycles. The first kappa shape index (κ1) is 21.9. The molecule has 3 aromatic rings. The highest BCUT2D eigenvalue weighted by molar-refractivity contribution is 8.07. The lowest BCUT2D eigenvalue weighted by Crippen LogP contribution is -2.50. The van der Waals surface area contributed by atoms with Crippen LogP contribution < -0.4 is 16.4 Å². The van der Waals surface area contributed by atoms with E-state index in [0.717, 1.165) is 35.7 Å². The highest BCUT2D eigenvalue weighted by atomic mass is 32.2. The molecule has 4 N–H and O–H groups in total. The van der Waals surface area contributed by atoms with Crippen LogP contribution in [0.1, 0.15) is 34.2 Å². The topological polar surface area (TPSA) is 50.1 Å². The quantitative estimate of drug-likeness (QED) is 0.419. The van der Waals surface area contributed by atoms with E-state index < -0.39 is 0 Å². The summed E-state index contributed by atoms with van der Waals surface area (Å²) in [5, 5.41) is 7.64. The van der Waals surface area contributed by atoms with Crippen molar-refractivity contribution in [2.45, 2.75) is 30.7 Å². The van der Waals surface area contributed by atoms with Crippen LogP contribution in [-0.4, -0.2) is 12.1 Å². The Kier molecular flexibility index (Phi) is 5.97. The number of fused-ring (bicyclic) bond motifs is 2. The molecule has 0 saturated heterocycles. The van der Waals surface area contributed by atoms with Gasteiger partial charge in [-0.25, -0.2) is 0 Å². The van der Waals surface area contributed by atoms with Gasteiger partial charge in [-0.05, 0) is 41.2 Å². The highest BCUT2D eigenvalue weighted by Crippen LogP contribution is 2.40. The molecule has 6 rings (SSSR count). The molecule has 2 aliphatic carbocycles. The van der Waals surface area contributed by atoms with E-state index >= 15 is 0 Å². The van der Waals surface area contributed by atoms with Crippen LogP contribution >= 0.6 is 11.8 Å². The molecule has 0 amide bonds. The summed E-state index contributed by atoms with van der Waals surface area (Å²) in [5.41, 5.74) is 16.2. The van der Waals surface area contributed by atoms with Crippen molar-refractivity contribution in [2.75, 3.05) is 0 Å². The SMILES string of the molecule is NC1=C(SCc2ccccc2)c2cc(C3=C(c4ccccc4)NC4C=CC=CC4N3)ccc2CC1. The number of allylic oxidation sites excluding steroid dienone is 3. The number of hydrogen-bond acceptors (Lipinski definition) is 4. The number of aryl methyl sites for hydroxylation is 1. The Labute approximate surface area is 211 Å². The van der Waals surface area contributed by atoms with Crippen LogP contribution in [0.4, 0.5) is 0 Å². The van der Waals surface area contributed by atoms with Gasteiger partial charge in [0.1, 0.15) is 0 Å². The van der Waals surface area contributed by atoms with Crippen molar-refractivity contribution in [1.82, 2.24) is 10.6 Å². The summed E-state index contributed by atoms with van der Waals surface area (Å²) in [6.07, 6.45) is 10.6. The monoisotopic (exact) mass is 475 g/mol. The van der Waals surface area contributed by atoms with Crippen LogP contribution in [0.15, 0.2) is 109 Å². The first-order valence-corrected chi connectivity index (χ1v) is 13.2. The normalized spacial score (nSPS) is 20.7. The fourth-order valence-corrected chi connectivity index (χ4v) is 6.17. The van der Waals surface area contributed by atoms with Crippen molar-refractivity contribution in [1.29, 1.82) is 0 Å². The van der Waals surface area contributed by atoms with Gasteiger partial charge < -0.3 is 16.4 Å². The Balaban J connectivity index is 1.40. The smallest absolute Gasteiger partial charge is 0.0686 e. The average Bonchev–Trinajstić information content (AvgIpc) is 2.92. The van der Waals surface area contributed by atoms with Crippen LogP contribution in [-0.2, 0) is 12.2 Å². The van der Waals surface area contributed by atoms with Gasteiger partial charge in [0.15, 0.2) is 0 Å². The number of nitrogens with two attached hydrogens (primary N) is 1. The maximum absolute atomic E-state index is 6.59. The Morgan fingerprint density at radius 3 is 2.11 bits per heavy atom. The number of thioether (sulfide) groups is 1. The van der Waals surface area contributed by atoms with Crippen LogP contribution in [0.3, 0.4) is 0 Å². The van der Waals surface area contributed by atoms with E-state index in [9.17, 15) is 0 Å². The molecular weight excluding hydrogens is 446 g/mol. The molecule has 0 aromatic heterocycles. The molecule has 3 aliphatic rings. The summed E-state index contributed by atoms with van der Waals surface area (Å²) in [6, 6.07) is 28.6. The van der Waals surface area contributed by atoms with Crippen molar-refractivity contribution in [3.8, 4) is 0 Å². The van der Waals surface area contributed by atoms with Gasteiger partial charge in [0.05, 0.1) is 23.5 Å². The molecule has 3 nitrogen and oxygen atoms in total. The lowest BCUT2D eigenvalue weighted by Gasteiger charge is -2.37. The first-order chi connectivity index (χ1) is 17.3. The van der Waals surface area contributed by atoms with Gasteiger partial charge in [0.2, 0.25) is 0 Å². The van der Waals surface area contributed by atoms with Crippen molar-refractivity contribution in [3.05, 3.63) is 137 Å². The Hall–Kier alpha value is -3.63. The van der Waals surface area contributed by atoms with E-state index in [0.29, 0.717) is 0 Å². The highest BCUT2D eigenvalue weighted by Gasteiger charge is 2.29. The van der Waals surface area contributed by atoms with E-state index in [-0.39, 0.29) is 12.1 Å². The maximum atomic E-state index is 6.59. The van der Waals surface area contributed by atoms with Gasteiger partial charge in [0.25, 0.3) is 0 Å². The molecule has 2 atom stereocenters. The summed E-state index contributed by atoms with van der Waals surface area (Å²) in [6.45, 7) is 0. The number of rotatable bonds is 5. The van der Waals surface area contributed by atoms with Crippen molar-refractivity contribution >= 4 is 28.1 Å². The summed E-state index contributed by atoms with van der Waals surface area (Å²) < 4.78 is 0. The molecule has 35 heavy (non-hydrogen) atoms. The molecule has 4 heteroatoms. The molecule has 0 spiro atoms. The van der Waals surface area contributed by atoms with Crippen molar-refractivity contribution < 1.29 is 0 Å². The molecule has 0 saturated carbocycles. The van der Waals surface area contributed by atoms with E-state index in [4.69, 9.17) is 5.73 Å².